The van der Waals surface area contributed by atoms with Gasteiger partial charge in [0.1, 0.15) is 11.7 Å². The average Bonchev–Trinajstić information content (AvgIpc) is 3.00. The van der Waals surface area contributed by atoms with E-state index in [0.717, 1.165) is 24.0 Å². The van der Waals surface area contributed by atoms with E-state index in [1.807, 2.05) is 56.3 Å². The molecule has 1 fully saturated rings. The van der Waals surface area contributed by atoms with Crippen molar-refractivity contribution in [3.8, 4) is 11.5 Å². The predicted molar refractivity (Wildman–Crippen MR) is 172 cm³/mol. The van der Waals surface area contributed by atoms with Crippen LogP contribution in [0.15, 0.2) is 66.7 Å². The van der Waals surface area contributed by atoms with E-state index in [4.69, 9.17) is 9.47 Å². The van der Waals surface area contributed by atoms with Crippen LogP contribution in [0.25, 0.3) is 0 Å². The molecular weight excluding hydrogens is 556 g/mol. The summed E-state index contributed by atoms with van der Waals surface area (Å²) in [6.45, 7) is 8.06. The van der Waals surface area contributed by atoms with Crippen LogP contribution in [0.2, 0.25) is 0 Å². The second-order valence-electron chi connectivity index (χ2n) is 11.6. The Kier molecular flexibility index (Phi) is 10.8. The molecule has 3 aromatic rings. The summed E-state index contributed by atoms with van der Waals surface area (Å²) in [7, 11) is 1.52. The van der Waals surface area contributed by atoms with Crippen LogP contribution in [-0.2, 0) is 27.2 Å². The lowest BCUT2D eigenvalue weighted by Gasteiger charge is -2.44. The number of methoxy groups -OCH3 is 1. The molecule has 0 heterocycles. The summed E-state index contributed by atoms with van der Waals surface area (Å²) in [5.41, 5.74) is 1.89. The van der Waals surface area contributed by atoms with Crippen molar-refractivity contribution in [3.63, 3.8) is 0 Å². The predicted octanol–water partition coefficient (Wildman–Crippen LogP) is 6.32. The Morgan fingerprint density at radius 3 is 2.05 bits per heavy atom. The fourth-order valence-corrected chi connectivity index (χ4v) is 6.15. The number of Topliss-reactive ketones (excluding diaryl/α,β-unsaturated/α-hetero) is 1. The second-order valence-corrected chi connectivity index (χ2v) is 11.6. The number of aryl methyl sites for hydroxylation is 2. The van der Waals surface area contributed by atoms with Gasteiger partial charge in [0.2, 0.25) is 11.8 Å². The number of carbonyl (C=O) groups is 3. The molecule has 0 radical (unpaired) electrons. The van der Waals surface area contributed by atoms with Gasteiger partial charge in [-0.25, -0.2) is 0 Å². The van der Waals surface area contributed by atoms with E-state index in [-0.39, 0.29) is 6.42 Å². The van der Waals surface area contributed by atoms with Crippen molar-refractivity contribution in [1.82, 2.24) is 0 Å². The van der Waals surface area contributed by atoms with Gasteiger partial charge in [0.15, 0.2) is 11.5 Å². The molecule has 1 aliphatic carbocycles. The number of carbonyl (C=O) groups excluding carboxylic acids is 3. The smallest absolute Gasteiger partial charge is 0.235 e. The number of ether oxygens (including phenoxy) is 2. The van der Waals surface area contributed by atoms with Crippen LogP contribution in [0.4, 0.5) is 11.4 Å². The van der Waals surface area contributed by atoms with Gasteiger partial charge in [-0.05, 0) is 67.1 Å². The molecule has 4 rings (SSSR count). The summed E-state index contributed by atoms with van der Waals surface area (Å²) in [6, 6.07) is 20.1. The van der Waals surface area contributed by atoms with Gasteiger partial charge in [0, 0.05) is 23.7 Å². The first-order valence-electron chi connectivity index (χ1n) is 15.5. The van der Waals surface area contributed by atoms with E-state index >= 15 is 0 Å². The van der Waals surface area contributed by atoms with E-state index in [2.05, 4.69) is 17.6 Å². The van der Waals surface area contributed by atoms with Crippen molar-refractivity contribution in [3.05, 3.63) is 83.4 Å². The maximum absolute atomic E-state index is 14.2. The molecule has 0 saturated heterocycles. The van der Waals surface area contributed by atoms with Gasteiger partial charge >= 0.3 is 0 Å². The molecule has 0 aromatic heterocycles. The van der Waals surface area contributed by atoms with E-state index in [1.54, 1.807) is 24.3 Å². The molecule has 1 saturated carbocycles. The summed E-state index contributed by atoms with van der Waals surface area (Å²) in [6.07, 6.45) is 2.87. The minimum absolute atomic E-state index is 0.347. The zero-order valence-corrected chi connectivity index (χ0v) is 26.3. The van der Waals surface area contributed by atoms with Crippen LogP contribution in [0.3, 0.4) is 0 Å². The molecule has 0 bridgehead atoms. The monoisotopic (exact) mass is 600 g/mol. The van der Waals surface area contributed by atoms with E-state index in [9.17, 15) is 19.5 Å². The summed E-state index contributed by atoms with van der Waals surface area (Å²) < 4.78 is 11.6. The number of unbranched alkanes of at least 4 members (excludes halogenated alkanes) is 1. The van der Waals surface area contributed by atoms with E-state index < -0.39 is 41.0 Å². The van der Waals surface area contributed by atoms with Gasteiger partial charge in [0.05, 0.1) is 25.2 Å². The Bertz CT molecular complexity index is 1480. The summed E-state index contributed by atoms with van der Waals surface area (Å²) >= 11 is 0. The van der Waals surface area contributed by atoms with Crippen molar-refractivity contribution in [2.24, 2.45) is 11.8 Å². The van der Waals surface area contributed by atoms with Crippen LogP contribution < -0.4 is 20.1 Å². The normalized spacial score (nSPS) is 21.4. The number of anilines is 2. The Hall–Kier alpha value is -4.17. The largest absolute Gasteiger partial charge is 0.493 e. The second kappa shape index (κ2) is 14.5. The fraction of sp³-hybridized carbons (Fsp3) is 0.417. The lowest BCUT2D eigenvalue weighted by Crippen LogP contribution is -2.56. The number of para-hydroxylation sites is 2. The summed E-state index contributed by atoms with van der Waals surface area (Å²) in [4.78, 5) is 42.1. The van der Waals surface area contributed by atoms with Crippen LogP contribution in [0, 0.1) is 11.8 Å². The Labute approximate surface area is 260 Å². The Morgan fingerprint density at radius 1 is 0.886 bits per heavy atom. The number of ketones is 1. The number of rotatable bonds is 12. The third-order valence-electron chi connectivity index (χ3n) is 8.47. The quantitative estimate of drug-likeness (QED) is 0.166. The molecule has 8 nitrogen and oxygen atoms in total. The zero-order chi connectivity index (χ0) is 31.9. The van der Waals surface area contributed by atoms with Crippen molar-refractivity contribution in [2.75, 3.05) is 24.4 Å². The van der Waals surface area contributed by atoms with Crippen LogP contribution in [0.5, 0.6) is 11.5 Å². The number of amides is 2. The molecule has 0 aliphatic heterocycles. The Balaban J connectivity index is 1.82. The van der Waals surface area contributed by atoms with Crippen molar-refractivity contribution in [1.29, 1.82) is 0 Å². The maximum Gasteiger partial charge on any atom is 0.235 e. The zero-order valence-electron chi connectivity index (χ0n) is 26.3. The van der Waals surface area contributed by atoms with Gasteiger partial charge in [-0.2, -0.15) is 0 Å². The van der Waals surface area contributed by atoms with Crippen molar-refractivity contribution in [2.45, 2.75) is 71.3 Å². The number of nitrogens with one attached hydrogen (secondary N) is 2. The van der Waals surface area contributed by atoms with Gasteiger partial charge in [-0.3, -0.25) is 14.4 Å². The third-order valence-corrected chi connectivity index (χ3v) is 8.47. The third kappa shape index (κ3) is 7.13. The lowest BCUT2D eigenvalue weighted by molar-refractivity contribution is -0.150. The van der Waals surface area contributed by atoms with Gasteiger partial charge in [-0.1, -0.05) is 69.7 Å². The molecule has 4 atom stereocenters. The minimum atomic E-state index is -1.73. The van der Waals surface area contributed by atoms with E-state index in [0.29, 0.717) is 47.9 Å². The topological polar surface area (TPSA) is 114 Å². The first kappa shape index (κ1) is 32.7. The standard InChI is InChI=1S/C36H44N2O6/c1-6-9-20-44-29-19-18-25(21-30(29)43-5)31-32(34(40)37-26-16-12-10-14-23(26)7-2)28(39)22-36(4,42)33(31)35(41)38-27-17-13-11-15-24(27)8-3/h10-19,21,31-33,42H,6-9,20,22H2,1-5H3,(H,37,40)(H,38,41). The highest BCUT2D eigenvalue weighted by molar-refractivity contribution is 6.10. The number of hydrogen-bond acceptors (Lipinski definition) is 6. The molecular formula is C36H44N2O6. The fourth-order valence-electron chi connectivity index (χ4n) is 6.15. The highest BCUT2D eigenvalue weighted by Crippen LogP contribution is 2.48. The van der Waals surface area contributed by atoms with Gasteiger partial charge < -0.3 is 25.2 Å². The van der Waals surface area contributed by atoms with Gasteiger partial charge in [-0.15, -0.1) is 0 Å². The number of aliphatic hydroxyl groups is 1. The molecule has 3 N–H and O–H groups in total. The molecule has 4 unspecified atom stereocenters. The molecule has 0 spiro atoms. The van der Waals surface area contributed by atoms with Gasteiger partial charge in [0.25, 0.3) is 0 Å². The summed E-state index contributed by atoms with van der Waals surface area (Å²) in [5, 5.41) is 17.7. The molecule has 234 valence electrons. The average molecular weight is 601 g/mol. The number of benzene rings is 3. The lowest BCUT2D eigenvalue weighted by atomic mass is 9.61. The highest BCUT2D eigenvalue weighted by atomic mass is 16.5. The molecule has 3 aromatic carbocycles. The first-order chi connectivity index (χ1) is 21.1. The molecule has 2 amide bonds. The summed E-state index contributed by atoms with van der Waals surface area (Å²) in [5.74, 6) is -3.86. The maximum atomic E-state index is 14.2. The first-order valence-corrected chi connectivity index (χ1v) is 15.5. The SMILES string of the molecule is CCCCOc1ccc(C2C(C(=O)Nc3ccccc3CC)C(=O)CC(C)(O)C2C(=O)Nc2ccccc2CC)cc1OC. The van der Waals surface area contributed by atoms with Crippen LogP contribution >= 0.6 is 0 Å². The highest BCUT2D eigenvalue weighted by Gasteiger charge is 2.56. The molecule has 44 heavy (non-hydrogen) atoms. The molecule has 1 aliphatic rings. The van der Waals surface area contributed by atoms with Crippen LogP contribution in [0.1, 0.15) is 69.6 Å². The number of hydrogen-bond donors (Lipinski definition) is 3. The molecule has 8 heteroatoms. The van der Waals surface area contributed by atoms with Crippen molar-refractivity contribution >= 4 is 29.0 Å². The van der Waals surface area contributed by atoms with E-state index in [1.165, 1.54) is 14.0 Å². The Morgan fingerprint density at radius 2 is 1.48 bits per heavy atom. The van der Waals surface area contributed by atoms with Crippen molar-refractivity contribution < 1.29 is 29.0 Å². The minimum Gasteiger partial charge on any atom is -0.493 e. The van der Waals surface area contributed by atoms with Crippen LogP contribution in [-0.4, -0.2) is 42.0 Å².